The van der Waals surface area contributed by atoms with Crippen LogP contribution in [0.5, 0.6) is 0 Å². The van der Waals surface area contributed by atoms with E-state index >= 15 is 0 Å². The van der Waals surface area contributed by atoms with Gasteiger partial charge >= 0.3 is 10.4 Å². The molecule has 18 nitrogen and oxygen atoms in total. The molecule has 0 radical (unpaired) electrons. The molecule has 0 aromatic carbocycles. The first kappa shape index (κ1) is 33.5. The van der Waals surface area contributed by atoms with E-state index in [0.717, 1.165) is 12.8 Å². The number of ether oxygens (including phenoxy) is 4. The van der Waals surface area contributed by atoms with E-state index in [2.05, 4.69) is 19.5 Å². The van der Waals surface area contributed by atoms with Crippen LogP contribution in [0.3, 0.4) is 0 Å². The van der Waals surface area contributed by atoms with Gasteiger partial charge in [0.2, 0.25) is 5.91 Å². The molecule has 226 valence electrons. The molecule has 1 amide bonds. The highest BCUT2D eigenvalue weighted by atomic mass is 32.3. The standard InChI is InChI=1S/C20H36N4O14S/c1-10(27)23-13-15(29)17(12(9-26)36-19(13)34-7-5-3-2-4-6-22-24-21)37-20-16(30)18(38-39(31,32)33)14(28)11(8-25)35-20/h11-20,25-26,28-30H,2-9H2,1H3,(H,23,27)(H,31,32,33)/t11-,12-,13-,14+,15-,16-,17-,18+,19-,20+/m1/s1. The van der Waals surface area contributed by atoms with Crippen molar-refractivity contribution in [3.05, 3.63) is 10.4 Å². The van der Waals surface area contributed by atoms with Gasteiger partial charge in [-0.3, -0.25) is 9.35 Å². The smallest absolute Gasteiger partial charge is 0.394 e. The Hall–Kier alpha value is -1.71. The van der Waals surface area contributed by atoms with Gasteiger partial charge in [-0.25, -0.2) is 4.18 Å². The Morgan fingerprint density at radius 1 is 0.974 bits per heavy atom. The molecule has 2 rings (SSSR count). The maximum absolute atomic E-state index is 11.8. The number of unbranched alkanes of at least 4 members (excludes halogenated alkanes) is 3. The summed E-state index contributed by atoms with van der Waals surface area (Å²) in [4.78, 5) is 14.5. The molecule has 39 heavy (non-hydrogen) atoms. The highest BCUT2D eigenvalue weighted by molar-refractivity contribution is 7.80. The molecule has 2 aliphatic rings. The van der Waals surface area contributed by atoms with Gasteiger partial charge in [0.15, 0.2) is 12.6 Å². The molecule has 19 heteroatoms. The van der Waals surface area contributed by atoms with Crippen molar-refractivity contribution in [3.63, 3.8) is 0 Å². The summed E-state index contributed by atoms with van der Waals surface area (Å²) < 4.78 is 58.1. The van der Waals surface area contributed by atoms with Gasteiger partial charge in [0.25, 0.3) is 0 Å². The first-order valence-corrected chi connectivity index (χ1v) is 13.6. The monoisotopic (exact) mass is 588 g/mol. The number of rotatable bonds is 15. The Bertz CT molecular complexity index is 922. The van der Waals surface area contributed by atoms with Crippen LogP contribution in [-0.2, 0) is 38.3 Å². The van der Waals surface area contributed by atoms with Crippen molar-refractivity contribution < 1.29 is 66.4 Å². The molecule has 2 aliphatic heterocycles. The van der Waals surface area contributed by atoms with Gasteiger partial charge in [-0.1, -0.05) is 18.0 Å². The van der Waals surface area contributed by atoms with E-state index in [9.17, 15) is 38.7 Å². The molecule has 0 aromatic rings. The van der Waals surface area contributed by atoms with E-state index in [4.69, 9.17) is 29.0 Å². The van der Waals surface area contributed by atoms with Crippen LogP contribution in [0, 0.1) is 0 Å². The first-order chi connectivity index (χ1) is 18.4. The van der Waals surface area contributed by atoms with Gasteiger partial charge in [-0.15, -0.1) is 0 Å². The molecule has 0 bridgehead atoms. The normalized spacial score (nSPS) is 35.3. The molecule has 0 spiro atoms. The lowest BCUT2D eigenvalue weighted by Crippen LogP contribution is -2.67. The first-order valence-electron chi connectivity index (χ1n) is 12.2. The van der Waals surface area contributed by atoms with Crippen molar-refractivity contribution in [3.8, 4) is 0 Å². The summed E-state index contributed by atoms with van der Waals surface area (Å²) in [7, 11) is -5.16. The minimum absolute atomic E-state index is 0.161. The number of nitrogens with zero attached hydrogens (tertiary/aromatic N) is 3. The van der Waals surface area contributed by atoms with Crippen LogP contribution >= 0.6 is 0 Å². The van der Waals surface area contributed by atoms with Crippen LogP contribution in [0.4, 0.5) is 0 Å². The van der Waals surface area contributed by atoms with E-state index < -0.39 is 90.9 Å². The zero-order chi connectivity index (χ0) is 29.2. The summed E-state index contributed by atoms with van der Waals surface area (Å²) >= 11 is 0. The quantitative estimate of drug-likeness (QED) is 0.0341. The number of hydrogen-bond donors (Lipinski definition) is 7. The highest BCUT2D eigenvalue weighted by Crippen LogP contribution is 2.31. The molecule has 0 aliphatic carbocycles. The van der Waals surface area contributed by atoms with E-state index in [1.165, 1.54) is 6.92 Å². The molecule has 0 aromatic heterocycles. The van der Waals surface area contributed by atoms with Gasteiger partial charge in [-0.2, -0.15) is 8.42 Å². The van der Waals surface area contributed by atoms with Gasteiger partial charge in [0.1, 0.15) is 48.8 Å². The second-order valence-corrected chi connectivity index (χ2v) is 10.0. The van der Waals surface area contributed by atoms with Crippen molar-refractivity contribution in [2.24, 2.45) is 5.11 Å². The molecular weight excluding hydrogens is 552 g/mol. The van der Waals surface area contributed by atoms with Gasteiger partial charge in [0, 0.05) is 25.0 Å². The summed E-state index contributed by atoms with van der Waals surface area (Å²) in [5, 5.41) is 57.1. The Morgan fingerprint density at radius 2 is 1.62 bits per heavy atom. The van der Waals surface area contributed by atoms with Crippen LogP contribution in [0.25, 0.3) is 10.4 Å². The van der Waals surface area contributed by atoms with Crippen LogP contribution < -0.4 is 5.32 Å². The Balaban J connectivity index is 2.12. The summed E-state index contributed by atoms with van der Waals surface area (Å²) in [5.74, 6) is -0.561. The Morgan fingerprint density at radius 3 is 2.21 bits per heavy atom. The van der Waals surface area contributed by atoms with Crippen LogP contribution in [0.2, 0.25) is 0 Å². The van der Waals surface area contributed by atoms with Crippen molar-refractivity contribution in [1.29, 1.82) is 0 Å². The number of aliphatic hydroxyl groups excluding tert-OH is 5. The number of hydrogen-bond acceptors (Lipinski definition) is 14. The maximum atomic E-state index is 11.8. The van der Waals surface area contributed by atoms with Gasteiger partial charge < -0.3 is 49.8 Å². The summed E-state index contributed by atoms with van der Waals surface area (Å²) in [6, 6.07) is -1.22. The largest absolute Gasteiger partial charge is 0.397 e. The van der Waals surface area contributed by atoms with E-state index in [-0.39, 0.29) is 6.61 Å². The fraction of sp³-hybridized carbons (Fsp3) is 0.950. The maximum Gasteiger partial charge on any atom is 0.397 e. The number of azide groups is 1. The summed E-state index contributed by atoms with van der Waals surface area (Å²) in [5.41, 5.74) is 8.28. The molecule has 0 saturated carbocycles. The third-order valence-electron chi connectivity index (χ3n) is 6.07. The molecule has 7 N–H and O–H groups in total. The fourth-order valence-corrected chi connectivity index (χ4v) is 4.73. The third-order valence-corrected chi connectivity index (χ3v) is 6.53. The number of carbonyl (C=O) groups is 1. The van der Waals surface area contributed by atoms with E-state index in [1.807, 2.05) is 0 Å². The number of carbonyl (C=O) groups excluding carboxylic acids is 1. The summed E-state index contributed by atoms with van der Waals surface area (Å²) in [6.45, 7) is 0.114. The SMILES string of the molecule is CC(=O)N[C@H]1[C@H](OCCCCCCN=[N+]=[N-])O[C@H](CO)[C@@H](O[C@@H]2O[C@H](CO)[C@H](O)[C@H](OS(=O)(=O)O)[C@H]2O)[C@@H]1O. The lowest BCUT2D eigenvalue weighted by molar-refractivity contribution is -0.346. The lowest BCUT2D eigenvalue weighted by atomic mass is 9.95. The minimum Gasteiger partial charge on any atom is -0.394 e. The average molecular weight is 589 g/mol. The predicted octanol–water partition coefficient (Wildman–Crippen LogP) is -2.53. The highest BCUT2D eigenvalue weighted by Gasteiger charge is 2.52. The molecule has 2 heterocycles. The molecule has 2 saturated heterocycles. The van der Waals surface area contributed by atoms with Crippen molar-refractivity contribution in [1.82, 2.24) is 5.32 Å². The Kier molecular flexibility index (Phi) is 13.7. The Labute approximate surface area is 224 Å². The second-order valence-electron chi connectivity index (χ2n) is 8.98. The number of nitrogens with one attached hydrogen (secondary N) is 1. The van der Waals surface area contributed by atoms with Crippen molar-refractivity contribution in [2.45, 2.75) is 94.0 Å². The molecule has 10 atom stereocenters. The molecule has 0 unspecified atom stereocenters. The van der Waals surface area contributed by atoms with Gasteiger partial charge in [0.05, 0.1) is 13.2 Å². The zero-order valence-corrected chi connectivity index (χ0v) is 21.9. The van der Waals surface area contributed by atoms with Crippen LogP contribution in [0.15, 0.2) is 5.11 Å². The van der Waals surface area contributed by atoms with Crippen LogP contribution in [0.1, 0.15) is 32.6 Å². The zero-order valence-electron chi connectivity index (χ0n) is 21.1. The number of amides is 1. The van der Waals surface area contributed by atoms with Crippen molar-refractivity contribution in [2.75, 3.05) is 26.4 Å². The summed E-state index contributed by atoms with van der Waals surface area (Å²) in [6.07, 6.45) is -12.2. The third kappa shape index (κ3) is 10.0. The average Bonchev–Trinajstić information content (AvgIpc) is 2.87. The molecule has 2 fully saturated rings. The van der Waals surface area contributed by atoms with E-state index in [0.29, 0.717) is 19.4 Å². The van der Waals surface area contributed by atoms with Crippen molar-refractivity contribution >= 4 is 16.3 Å². The van der Waals surface area contributed by atoms with E-state index in [1.54, 1.807) is 0 Å². The topological polar surface area (TPSA) is 280 Å². The fourth-order valence-electron chi connectivity index (χ4n) is 4.22. The minimum atomic E-state index is -5.16. The second kappa shape index (κ2) is 15.9. The lowest BCUT2D eigenvalue weighted by Gasteiger charge is -2.47. The molecular formula is C20H36N4O14S. The predicted molar refractivity (Wildman–Crippen MR) is 127 cm³/mol. The van der Waals surface area contributed by atoms with Gasteiger partial charge in [-0.05, 0) is 18.4 Å². The number of aliphatic hydroxyl groups is 5. The van der Waals surface area contributed by atoms with Crippen LogP contribution in [-0.4, -0.2) is 132 Å².